The average molecular weight is 302 g/mol. The van der Waals surface area contributed by atoms with E-state index in [0.29, 0.717) is 13.0 Å². The molecule has 0 aromatic heterocycles. The fourth-order valence-corrected chi connectivity index (χ4v) is 2.22. The Morgan fingerprint density at radius 2 is 1.52 bits per heavy atom. The van der Waals surface area contributed by atoms with Gasteiger partial charge in [0, 0.05) is 18.0 Å². The Hall–Kier alpha value is -1.80. The zero-order valence-electron chi connectivity index (χ0n) is 12.2. The molecule has 0 fully saturated rings. The number of benzene rings is 2. The summed E-state index contributed by atoms with van der Waals surface area (Å²) in [6.45, 7) is 2.72. The van der Waals surface area contributed by atoms with Crippen LogP contribution in [0.3, 0.4) is 0 Å². The molecule has 0 aliphatic rings. The molecule has 0 atom stereocenters. The number of hydrogen-bond acceptors (Lipinski definition) is 1. The van der Waals surface area contributed by atoms with E-state index < -0.39 is 0 Å². The van der Waals surface area contributed by atoms with Crippen molar-refractivity contribution in [2.75, 3.05) is 6.54 Å². The molecular weight excluding hydrogens is 282 g/mol. The zero-order chi connectivity index (χ0) is 15.1. The standard InChI is InChI=1S/C18H20ClNO/c1-14-2-4-15(5-3-14)8-11-18(21)20-13-12-16-6-9-17(19)10-7-16/h2-7,9-10H,8,11-13H2,1H3,(H,20,21). The fourth-order valence-electron chi connectivity index (χ4n) is 2.10. The number of hydrogen-bond donors (Lipinski definition) is 1. The number of carbonyl (C=O) groups is 1. The van der Waals surface area contributed by atoms with Crippen LogP contribution in [0.1, 0.15) is 23.1 Å². The lowest BCUT2D eigenvalue weighted by Crippen LogP contribution is -2.25. The van der Waals surface area contributed by atoms with E-state index >= 15 is 0 Å². The maximum absolute atomic E-state index is 11.8. The van der Waals surface area contributed by atoms with Gasteiger partial charge >= 0.3 is 0 Å². The summed E-state index contributed by atoms with van der Waals surface area (Å²) in [7, 11) is 0. The summed E-state index contributed by atoms with van der Waals surface area (Å²) < 4.78 is 0. The van der Waals surface area contributed by atoms with Crippen molar-refractivity contribution in [3.8, 4) is 0 Å². The predicted molar refractivity (Wildman–Crippen MR) is 87.7 cm³/mol. The van der Waals surface area contributed by atoms with Crippen LogP contribution in [0, 0.1) is 6.92 Å². The first-order valence-electron chi connectivity index (χ1n) is 7.20. The van der Waals surface area contributed by atoms with Gasteiger partial charge in [-0.05, 0) is 43.0 Å². The minimum absolute atomic E-state index is 0.101. The summed E-state index contributed by atoms with van der Waals surface area (Å²) in [5, 5.41) is 3.69. The Morgan fingerprint density at radius 3 is 2.19 bits per heavy atom. The molecule has 0 aliphatic carbocycles. The van der Waals surface area contributed by atoms with Crippen molar-refractivity contribution in [1.29, 1.82) is 0 Å². The highest BCUT2D eigenvalue weighted by molar-refractivity contribution is 6.30. The summed E-state index contributed by atoms with van der Waals surface area (Å²) in [6, 6.07) is 16.0. The Balaban J connectivity index is 1.67. The first-order chi connectivity index (χ1) is 10.1. The van der Waals surface area contributed by atoms with E-state index in [4.69, 9.17) is 11.6 Å². The second-order valence-electron chi connectivity index (χ2n) is 5.21. The Labute approximate surface area is 131 Å². The monoisotopic (exact) mass is 301 g/mol. The van der Waals surface area contributed by atoms with Crippen LogP contribution in [-0.4, -0.2) is 12.5 Å². The number of rotatable bonds is 6. The highest BCUT2D eigenvalue weighted by atomic mass is 35.5. The van der Waals surface area contributed by atoms with Gasteiger partial charge in [0.1, 0.15) is 0 Å². The predicted octanol–water partition coefficient (Wildman–Crippen LogP) is 3.94. The number of halogens is 1. The van der Waals surface area contributed by atoms with Crippen LogP contribution < -0.4 is 5.32 Å². The van der Waals surface area contributed by atoms with Crippen LogP contribution in [0.4, 0.5) is 0 Å². The van der Waals surface area contributed by atoms with E-state index in [9.17, 15) is 4.79 Å². The molecule has 2 aromatic rings. The molecular formula is C18H20ClNO. The van der Waals surface area contributed by atoms with E-state index in [0.717, 1.165) is 17.9 Å². The molecule has 3 heteroatoms. The largest absolute Gasteiger partial charge is 0.356 e. The lowest BCUT2D eigenvalue weighted by molar-refractivity contribution is -0.121. The molecule has 0 aliphatic heterocycles. The summed E-state index contributed by atoms with van der Waals surface area (Å²) in [6.07, 6.45) is 2.14. The topological polar surface area (TPSA) is 29.1 Å². The smallest absolute Gasteiger partial charge is 0.220 e. The molecule has 0 bridgehead atoms. The first-order valence-corrected chi connectivity index (χ1v) is 7.58. The zero-order valence-corrected chi connectivity index (χ0v) is 13.0. The third kappa shape index (κ3) is 5.60. The maximum atomic E-state index is 11.8. The maximum Gasteiger partial charge on any atom is 0.220 e. The fraction of sp³-hybridized carbons (Fsp3) is 0.278. The van der Waals surface area contributed by atoms with Gasteiger partial charge in [-0.25, -0.2) is 0 Å². The SMILES string of the molecule is Cc1ccc(CCC(=O)NCCc2ccc(Cl)cc2)cc1. The van der Waals surface area contributed by atoms with Crippen LogP contribution in [0.5, 0.6) is 0 Å². The van der Waals surface area contributed by atoms with Gasteiger partial charge in [-0.2, -0.15) is 0 Å². The Bertz CT molecular complexity index is 575. The van der Waals surface area contributed by atoms with E-state index in [2.05, 4.69) is 36.5 Å². The molecule has 110 valence electrons. The lowest BCUT2D eigenvalue weighted by atomic mass is 10.1. The van der Waals surface area contributed by atoms with Crippen molar-refractivity contribution in [1.82, 2.24) is 5.32 Å². The van der Waals surface area contributed by atoms with Gasteiger partial charge in [0.2, 0.25) is 5.91 Å². The second-order valence-corrected chi connectivity index (χ2v) is 5.65. The molecule has 0 radical (unpaired) electrons. The van der Waals surface area contributed by atoms with Gasteiger partial charge in [0.25, 0.3) is 0 Å². The quantitative estimate of drug-likeness (QED) is 0.860. The molecule has 1 N–H and O–H groups in total. The second kappa shape index (κ2) is 7.84. The highest BCUT2D eigenvalue weighted by Gasteiger charge is 2.02. The summed E-state index contributed by atoms with van der Waals surface area (Å²) >= 11 is 5.84. The molecule has 0 saturated heterocycles. The van der Waals surface area contributed by atoms with Gasteiger partial charge in [0.15, 0.2) is 0 Å². The van der Waals surface area contributed by atoms with Crippen molar-refractivity contribution < 1.29 is 4.79 Å². The molecule has 2 nitrogen and oxygen atoms in total. The third-order valence-corrected chi connectivity index (χ3v) is 3.66. The van der Waals surface area contributed by atoms with Crippen molar-refractivity contribution in [2.45, 2.75) is 26.2 Å². The molecule has 0 saturated carbocycles. The summed E-state index contributed by atoms with van der Waals surface area (Å²) in [4.78, 5) is 11.8. The molecule has 2 rings (SSSR count). The van der Waals surface area contributed by atoms with Crippen molar-refractivity contribution >= 4 is 17.5 Å². The van der Waals surface area contributed by atoms with Gasteiger partial charge in [-0.1, -0.05) is 53.6 Å². The third-order valence-electron chi connectivity index (χ3n) is 3.41. The summed E-state index contributed by atoms with van der Waals surface area (Å²) in [5.74, 6) is 0.101. The number of amides is 1. The highest BCUT2D eigenvalue weighted by Crippen LogP contribution is 2.09. The molecule has 21 heavy (non-hydrogen) atoms. The number of nitrogens with one attached hydrogen (secondary N) is 1. The van der Waals surface area contributed by atoms with Crippen molar-refractivity contribution in [2.24, 2.45) is 0 Å². The minimum Gasteiger partial charge on any atom is -0.356 e. The van der Waals surface area contributed by atoms with Crippen LogP contribution in [-0.2, 0) is 17.6 Å². The van der Waals surface area contributed by atoms with Crippen LogP contribution in [0.2, 0.25) is 5.02 Å². The molecule has 0 heterocycles. The van der Waals surface area contributed by atoms with Gasteiger partial charge in [-0.3, -0.25) is 4.79 Å². The van der Waals surface area contributed by atoms with E-state index in [1.807, 2.05) is 24.3 Å². The van der Waals surface area contributed by atoms with Crippen LogP contribution in [0.25, 0.3) is 0 Å². The van der Waals surface area contributed by atoms with Crippen molar-refractivity contribution in [3.05, 3.63) is 70.2 Å². The normalized spacial score (nSPS) is 10.4. The van der Waals surface area contributed by atoms with E-state index in [-0.39, 0.29) is 5.91 Å². The Morgan fingerprint density at radius 1 is 0.952 bits per heavy atom. The number of aryl methyl sites for hydroxylation is 2. The van der Waals surface area contributed by atoms with Gasteiger partial charge < -0.3 is 5.32 Å². The minimum atomic E-state index is 0.101. The van der Waals surface area contributed by atoms with E-state index in [1.165, 1.54) is 16.7 Å². The molecule has 0 spiro atoms. The van der Waals surface area contributed by atoms with Gasteiger partial charge in [0.05, 0.1) is 0 Å². The van der Waals surface area contributed by atoms with Gasteiger partial charge in [-0.15, -0.1) is 0 Å². The average Bonchev–Trinajstić information content (AvgIpc) is 2.49. The van der Waals surface area contributed by atoms with Crippen LogP contribution in [0.15, 0.2) is 48.5 Å². The molecule has 2 aromatic carbocycles. The molecule has 1 amide bonds. The summed E-state index contributed by atoms with van der Waals surface area (Å²) in [5.41, 5.74) is 3.62. The Kier molecular flexibility index (Phi) is 5.82. The lowest BCUT2D eigenvalue weighted by Gasteiger charge is -2.06. The molecule has 0 unspecified atom stereocenters. The first kappa shape index (κ1) is 15.6. The van der Waals surface area contributed by atoms with Crippen LogP contribution >= 0.6 is 11.6 Å². The van der Waals surface area contributed by atoms with E-state index in [1.54, 1.807) is 0 Å². The number of carbonyl (C=O) groups excluding carboxylic acids is 1. The van der Waals surface area contributed by atoms with Crippen molar-refractivity contribution in [3.63, 3.8) is 0 Å².